The van der Waals surface area contributed by atoms with Crippen molar-refractivity contribution in [2.24, 2.45) is 11.3 Å². The van der Waals surface area contributed by atoms with Crippen LogP contribution in [0.15, 0.2) is 0 Å². The average molecular weight is 298 g/mol. The highest BCUT2D eigenvalue weighted by atomic mass is 15.3. The first-order valence-electron chi connectivity index (χ1n) is 8.84. The first-order chi connectivity index (χ1) is 9.66. The molecule has 1 unspecified atom stereocenters. The first-order valence-corrected chi connectivity index (χ1v) is 8.84. The van der Waals surface area contributed by atoms with Gasteiger partial charge in [-0.3, -0.25) is 4.90 Å². The van der Waals surface area contributed by atoms with Crippen LogP contribution >= 0.6 is 0 Å². The number of rotatable bonds is 7. The predicted molar refractivity (Wildman–Crippen MR) is 93.9 cm³/mol. The molecule has 1 saturated heterocycles. The Morgan fingerprint density at radius 2 is 1.57 bits per heavy atom. The molecule has 0 aromatic rings. The van der Waals surface area contributed by atoms with Gasteiger partial charge >= 0.3 is 0 Å². The van der Waals surface area contributed by atoms with Gasteiger partial charge in [-0.2, -0.15) is 0 Å². The van der Waals surface area contributed by atoms with E-state index < -0.39 is 0 Å². The topological polar surface area (TPSA) is 18.5 Å². The van der Waals surface area contributed by atoms with Crippen LogP contribution in [0, 0.1) is 11.3 Å². The molecule has 0 amide bonds. The summed E-state index contributed by atoms with van der Waals surface area (Å²) in [6, 6.07) is 0. The molecular weight excluding hydrogens is 258 g/mol. The molecule has 126 valence electrons. The Labute approximate surface area is 133 Å². The maximum Gasteiger partial charge on any atom is 0.0126 e. The van der Waals surface area contributed by atoms with Gasteiger partial charge in [0, 0.05) is 44.8 Å². The molecule has 0 bridgehead atoms. The fourth-order valence-electron chi connectivity index (χ4n) is 3.07. The molecule has 1 fully saturated rings. The Morgan fingerprint density at radius 3 is 2.00 bits per heavy atom. The van der Waals surface area contributed by atoms with E-state index in [4.69, 9.17) is 0 Å². The lowest BCUT2D eigenvalue weighted by atomic mass is 9.86. The van der Waals surface area contributed by atoms with Gasteiger partial charge in [-0.15, -0.1) is 0 Å². The van der Waals surface area contributed by atoms with Crippen LogP contribution in [0.25, 0.3) is 0 Å². The third-order valence-corrected chi connectivity index (χ3v) is 4.88. The summed E-state index contributed by atoms with van der Waals surface area (Å²) in [5.74, 6) is 0.737. The maximum absolute atomic E-state index is 3.66. The molecule has 1 rings (SSSR count). The van der Waals surface area contributed by atoms with Crippen LogP contribution in [0.5, 0.6) is 0 Å². The summed E-state index contributed by atoms with van der Waals surface area (Å²) in [6.45, 7) is 24.7. The molecule has 0 spiro atoms. The standard InChI is InChI=1S/C18H39N3/c1-8-18(7,14-19-13-16(2)3)15-20-9-11-21(12-10-20)17(4,5)6/h16,19H,8-15H2,1-7H3. The van der Waals surface area contributed by atoms with Crippen LogP contribution in [0.2, 0.25) is 0 Å². The van der Waals surface area contributed by atoms with Gasteiger partial charge in [0.1, 0.15) is 0 Å². The molecule has 1 aliphatic rings. The molecule has 1 heterocycles. The third-order valence-electron chi connectivity index (χ3n) is 4.88. The van der Waals surface area contributed by atoms with Crippen molar-refractivity contribution >= 4 is 0 Å². The van der Waals surface area contributed by atoms with Crippen molar-refractivity contribution in [3.05, 3.63) is 0 Å². The van der Waals surface area contributed by atoms with Gasteiger partial charge in [0.15, 0.2) is 0 Å². The first kappa shape index (κ1) is 18.9. The second-order valence-electron chi connectivity index (χ2n) is 8.62. The van der Waals surface area contributed by atoms with E-state index in [0.717, 1.165) is 19.0 Å². The fraction of sp³-hybridized carbons (Fsp3) is 1.00. The molecule has 0 aliphatic carbocycles. The minimum absolute atomic E-state index is 0.318. The molecule has 21 heavy (non-hydrogen) atoms. The Bertz CT molecular complexity index is 287. The van der Waals surface area contributed by atoms with Gasteiger partial charge in [0.25, 0.3) is 0 Å². The number of hydrogen-bond donors (Lipinski definition) is 1. The van der Waals surface area contributed by atoms with Gasteiger partial charge in [-0.25, -0.2) is 0 Å². The van der Waals surface area contributed by atoms with Crippen LogP contribution in [-0.2, 0) is 0 Å². The minimum Gasteiger partial charge on any atom is -0.316 e. The second kappa shape index (κ2) is 7.94. The van der Waals surface area contributed by atoms with Crippen molar-refractivity contribution in [1.29, 1.82) is 0 Å². The average Bonchev–Trinajstić information content (AvgIpc) is 2.38. The largest absolute Gasteiger partial charge is 0.316 e. The third kappa shape index (κ3) is 6.66. The smallest absolute Gasteiger partial charge is 0.0126 e. The molecule has 0 saturated carbocycles. The van der Waals surface area contributed by atoms with Crippen molar-refractivity contribution in [3.63, 3.8) is 0 Å². The van der Waals surface area contributed by atoms with Crippen LogP contribution in [0.4, 0.5) is 0 Å². The Kier molecular flexibility index (Phi) is 7.15. The fourth-order valence-corrected chi connectivity index (χ4v) is 3.07. The zero-order valence-electron chi connectivity index (χ0n) is 15.6. The minimum atomic E-state index is 0.318. The molecular formula is C18H39N3. The van der Waals surface area contributed by atoms with E-state index in [1.54, 1.807) is 0 Å². The molecule has 0 radical (unpaired) electrons. The summed E-state index contributed by atoms with van der Waals surface area (Å²) in [6.07, 6.45) is 1.25. The number of piperazine rings is 1. The molecule has 0 aromatic heterocycles. The molecule has 1 N–H and O–H groups in total. The normalized spacial score (nSPS) is 21.7. The summed E-state index contributed by atoms with van der Waals surface area (Å²) in [5.41, 5.74) is 0.720. The van der Waals surface area contributed by atoms with Crippen LogP contribution in [0.1, 0.15) is 54.9 Å². The Balaban J connectivity index is 2.40. The highest BCUT2D eigenvalue weighted by Crippen LogP contribution is 2.24. The van der Waals surface area contributed by atoms with E-state index in [1.165, 1.54) is 39.1 Å². The molecule has 3 heteroatoms. The summed E-state index contributed by atoms with van der Waals surface area (Å²) in [5, 5.41) is 3.66. The zero-order valence-corrected chi connectivity index (χ0v) is 15.6. The van der Waals surface area contributed by atoms with Gasteiger partial charge in [0.2, 0.25) is 0 Å². The van der Waals surface area contributed by atoms with Gasteiger partial charge in [-0.1, -0.05) is 27.7 Å². The monoisotopic (exact) mass is 297 g/mol. The van der Waals surface area contributed by atoms with Crippen molar-refractivity contribution in [3.8, 4) is 0 Å². The number of nitrogens with zero attached hydrogens (tertiary/aromatic N) is 2. The van der Waals surface area contributed by atoms with E-state index in [0.29, 0.717) is 11.0 Å². The van der Waals surface area contributed by atoms with Crippen LogP contribution in [-0.4, -0.2) is 61.2 Å². The lowest BCUT2D eigenvalue weighted by Gasteiger charge is -2.44. The SMILES string of the molecule is CCC(C)(CNCC(C)C)CN1CCN(C(C)(C)C)CC1. The van der Waals surface area contributed by atoms with E-state index in [1.807, 2.05) is 0 Å². The molecule has 1 atom stereocenters. The quantitative estimate of drug-likeness (QED) is 0.779. The van der Waals surface area contributed by atoms with Crippen molar-refractivity contribution in [1.82, 2.24) is 15.1 Å². The Morgan fingerprint density at radius 1 is 1.00 bits per heavy atom. The molecule has 1 aliphatic heterocycles. The van der Waals surface area contributed by atoms with Gasteiger partial charge in [0.05, 0.1) is 0 Å². The predicted octanol–water partition coefficient (Wildman–Crippen LogP) is 3.06. The van der Waals surface area contributed by atoms with E-state index >= 15 is 0 Å². The summed E-state index contributed by atoms with van der Waals surface area (Å²) in [7, 11) is 0. The highest BCUT2D eigenvalue weighted by Gasteiger charge is 2.30. The summed E-state index contributed by atoms with van der Waals surface area (Å²) < 4.78 is 0. The lowest BCUT2D eigenvalue weighted by molar-refractivity contribution is 0.0415. The van der Waals surface area contributed by atoms with Crippen molar-refractivity contribution in [2.45, 2.75) is 60.4 Å². The van der Waals surface area contributed by atoms with E-state index in [9.17, 15) is 0 Å². The second-order valence-corrected chi connectivity index (χ2v) is 8.62. The molecule has 0 aromatic carbocycles. The van der Waals surface area contributed by atoms with E-state index in [2.05, 4.69) is 63.6 Å². The summed E-state index contributed by atoms with van der Waals surface area (Å²) >= 11 is 0. The van der Waals surface area contributed by atoms with Gasteiger partial charge < -0.3 is 10.2 Å². The van der Waals surface area contributed by atoms with Crippen molar-refractivity contribution in [2.75, 3.05) is 45.8 Å². The highest BCUT2D eigenvalue weighted by molar-refractivity contribution is 4.86. The lowest BCUT2D eigenvalue weighted by Crippen LogP contribution is -2.55. The maximum atomic E-state index is 3.66. The van der Waals surface area contributed by atoms with Crippen molar-refractivity contribution < 1.29 is 0 Å². The van der Waals surface area contributed by atoms with E-state index in [-0.39, 0.29) is 0 Å². The Hall–Kier alpha value is -0.120. The van der Waals surface area contributed by atoms with Crippen LogP contribution in [0.3, 0.4) is 0 Å². The van der Waals surface area contributed by atoms with Crippen LogP contribution < -0.4 is 5.32 Å². The number of hydrogen-bond acceptors (Lipinski definition) is 3. The zero-order chi connectivity index (χ0) is 16.1. The molecule has 3 nitrogen and oxygen atoms in total. The van der Waals surface area contributed by atoms with Gasteiger partial charge in [-0.05, 0) is 45.1 Å². The summed E-state index contributed by atoms with van der Waals surface area (Å²) in [4.78, 5) is 5.28. The number of nitrogens with one attached hydrogen (secondary N) is 1.